The number of carboxylic acid groups (broad SMARTS) is 1. The third-order valence-electron chi connectivity index (χ3n) is 5.61. The lowest BCUT2D eigenvalue weighted by Crippen LogP contribution is -2.41. The summed E-state index contributed by atoms with van der Waals surface area (Å²) in [5, 5.41) is 9.58. The number of methoxy groups -OCH3 is 2. The number of hydrogen-bond acceptors (Lipinski definition) is 6. The van der Waals surface area contributed by atoms with Crippen molar-refractivity contribution in [1.29, 1.82) is 0 Å². The molecular weight excluding hydrogens is 374 g/mol. The van der Waals surface area contributed by atoms with Crippen LogP contribution in [0.4, 0.5) is 0 Å². The van der Waals surface area contributed by atoms with Crippen LogP contribution in [0, 0.1) is 5.92 Å². The highest BCUT2D eigenvalue weighted by Gasteiger charge is 2.33. The van der Waals surface area contributed by atoms with Crippen LogP contribution in [0.3, 0.4) is 0 Å². The predicted molar refractivity (Wildman–Crippen MR) is 106 cm³/mol. The third kappa shape index (κ3) is 3.82. The fourth-order valence-electron chi connectivity index (χ4n) is 4.17. The van der Waals surface area contributed by atoms with Crippen molar-refractivity contribution in [2.24, 2.45) is 5.92 Å². The first-order chi connectivity index (χ1) is 14.1. The summed E-state index contributed by atoms with van der Waals surface area (Å²) in [6.07, 6.45) is 1.51. The van der Waals surface area contributed by atoms with Gasteiger partial charge in [0.1, 0.15) is 11.5 Å². The van der Waals surface area contributed by atoms with Crippen LogP contribution >= 0.6 is 0 Å². The summed E-state index contributed by atoms with van der Waals surface area (Å²) in [6, 6.07) is 11.4. The van der Waals surface area contributed by atoms with E-state index >= 15 is 0 Å². The summed E-state index contributed by atoms with van der Waals surface area (Å²) in [7, 11) is 3.26. The minimum absolute atomic E-state index is 0.198. The van der Waals surface area contributed by atoms with Crippen LogP contribution in [0.1, 0.15) is 30.0 Å². The van der Waals surface area contributed by atoms with E-state index in [2.05, 4.69) is 4.90 Å². The average Bonchev–Trinajstić information content (AvgIpc) is 3.22. The highest BCUT2D eigenvalue weighted by Crippen LogP contribution is 2.42. The van der Waals surface area contributed by atoms with Crippen molar-refractivity contribution in [2.75, 3.05) is 34.1 Å². The highest BCUT2D eigenvalue weighted by molar-refractivity contribution is 5.70. The first-order valence-corrected chi connectivity index (χ1v) is 9.69. The molecule has 1 saturated heterocycles. The molecule has 2 atom stereocenters. The Kier molecular flexibility index (Phi) is 5.49. The lowest BCUT2D eigenvalue weighted by atomic mass is 9.90. The van der Waals surface area contributed by atoms with Gasteiger partial charge in [-0.1, -0.05) is 6.07 Å². The molecule has 1 fully saturated rings. The molecule has 2 heterocycles. The van der Waals surface area contributed by atoms with Gasteiger partial charge in [-0.15, -0.1) is 0 Å². The van der Waals surface area contributed by atoms with E-state index in [0.717, 1.165) is 35.6 Å². The van der Waals surface area contributed by atoms with E-state index in [1.54, 1.807) is 14.2 Å². The summed E-state index contributed by atoms with van der Waals surface area (Å²) in [6.45, 7) is 1.47. The molecule has 7 heteroatoms. The summed E-state index contributed by atoms with van der Waals surface area (Å²) < 4.78 is 22.1. The van der Waals surface area contributed by atoms with Crippen molar-refractivity contribution in [2.45, 2.75) is 18.9 Å². The van der Waals surface area contributed by atoms with Crippen LogP contribution in [-0.2, 0) is 4.79 Å². The standard InChI is InChI=1S/C22H25NO6/c1-26-16-6-8-18(27-2)17(11-16)21(23-9-3-4-15(12-23)22(24)25)14-5-7-19-20(10-14)29-13-28-19/h5-8,10-11,15,21H,3-4,9,12-13H2,1-2H3,(H,24,25). The van der Waals surface area contributed by atoms with Gasteiger partial charge in [0.05, 0.1) is 26.2 Å². The number of carbonyl (C=O) groups is 1. The molecule has 2 unspecified atom stereocenters. The zero-order valence-corrected chi connectivity index (χ0v) is 16.6. The summed E-state index contributed by atoms with van der Waals surface area (Å²) in [4.78, 5) is 13.9. The minimum atomic E-state index is -0.753. The zero-order valence-electron chi connectivity index (χ0n) is 16.6. The number of benzene rings is 2. The Morgan fingerprint density at radius 2 is 1.97 bits per heavy atom. The van der Waals surface area contributed by atoms with Gasteiger partial charge in [0.15, 0.2) is 11.5 Å². The minimum Gasteiger partial charge on any atom is -0.497 e. The van der Waals surface area contributed by atoms with Crippen LogP contribution in [0.25, 0.3) is 0 Å². The average molecular weight is 399 g/mol. The predicted octanol–water partition coefficient (Wildman–Crippen LogP) is 3.32. The summed E-state index contributed by atoms with van der Waals surface area (Å²) in [5.74, 6) is 1.71. The molecule has 2 aliphatic rings. The molecule has 4 rings (SSSR count). The molecule has 0 aromatic heterocycles. The van der Waals surface area contributed by atoms with E-state index in [1.807, 2.05) is 36.4 Å². The van der Waals surface area contributed by atoms with Gasteiger partial charge < -0.3 is 24.1 Å². The Morgan fingerprint density at radius 3 is 2.72 bits per heavy atom. The Hall–Kier alpha value is -2.93. The van der Waals surface area contributed by atoms with Crippen molar-refractivity contribution in [1.82, 2.24) is 4.90 Å². The molecular formula is C22H25NO6. The van der Waals surface area contributed by atoms with Crippen molar-refractivity contribution in [3.05, 3.63) is 47.5 Å². The number of hydrogen-bond donors (Lipinski definition) is 1. The molecule has 0 bridgehead atoms. The molecule has 0 spiro atoms. The van der Waals surface area contributed by atoms with E-state index in [0.29, 0.717) is 24.5 Å². The van der Waals surface area contributed by atoms with Crippen LogP contribution in [-0.4, -0.2) is 50.1 Å². The maximum Gasteiger partial charge on any atom is 0.307 e. The monoisotopic (exact) mass is 399 g/mol. The number of nitrogens with zero attached hydrogens (tertiary/aromatic N) is 1. The molecule has 0 radical (unpaired) electrons. The molecule has 2 aromatic carbocycles. The lowest BCUT2D eigenvalue weighted by molar-refractivity contribution is -0.143. The molecule has 7 nitrogen and oxygen atoms in total. The SMILES string of the molecule is COc1ccc(OC)c(C(c2ccc3c(c2)OCO3)N2CCCC(C(=O)O)C2)c1. The van der Waals surface area contributed by atoms with Gasteiger partial charge in [0.25, 0.3) is 0 Å². The number of piperidine rings is 1. The Bertz CT molecular complexity index is 899. The number of ether oxygens (including phenoxy) is 4. The number of likely N-dealkylation sites (tertiary alicyclic amines) is 1. The topological polar surface area (TPSA) is 77.5 Å². The normalized spacial score (nSPS) is 19.6. The molecule has 2 aliphatic heterocycles. The second-order valence-electron chi connectivity index (χ2n) is 7.30. The van der Waals surface area contributed by atoms with E-state index in [4.69, 9.17) is 18.9 Å². The van der Waals surface area contributed by atoms with Gasteiger partial charge in [-0.3, -0.25) is 9.69 Å². The number of carboxylic acids is 1. The van der Waals surface area contributed by atoms with Gasteiger partial charge in [0, 0.05) is 12.1 Å². The Morgan fingerprint density at radius 1 is 1.14 bits per heavy atom. The van der Waals surface area contributed by atoms with Gasteiger partial charge in [-0.25, -0.2) is 0 Å². The van der Waals surface area contributed by atoms with Crippen molar-refractivity contribution in [3.63, 3.8) is 0 Å². The Balaban J connectivity index is 1.80. The largest absolute Gasteiger partial charge is 0.497 e. The van der Waals surface area contributed by atoms with Gasteiger partial charge in [0.2, 0.25) is 6.79 Å². The molecule has 0 aliphatic carbocycles. The van der Waals surface area contributed by atoms with Gasteiger partial charge >= 0.3 is 5.97 Å². The number of fused-ring (bicyclic) bond motifs is 1. The number of aliphatic carboxylic acids is 1. The maximum absolute atomic E-state index is 11.7. The summed E-state index contributed by atoms with van der Waals surface area (Å²) in [5.41, 5.74) is 1.92. The van der Waals surface area contributed by atoms with Gasteiger partial charge in [-0.2, -0.15) is 0 Å². The first-order valence-electron chi connectivity index (χ1n) is 9.69. The van der Waals surface area contributed by atoms with Crippen molar-refractivity contribution in [3.8, 4) is 23.0 Å². The van der Waals surface area contributed by atoms with E-state index in [1.165, 1.54) is 0 Å². The second-order valence-corrected chi connectivity index (χ2v) is 7.30. The maximum atomic E-state index is 11.7. The van der Waals surface area contributed by atoms with Crippen LogP contribution < -0.4 is 18.9 Å². The molecule has 0 saturated carbocycles. The highest BCUT2D eigenvalue weighted by atomic mass is 16.7. The van der Waals surface area contributed by atoms with Crippen LogP contribution in [0.2, 0.25) is 0 Å². The molecule has 1 N–H and O–H groups in total. The van der Waals surface area contributed by atoms with Crippen LogP contribution in [0.5, 0.6) is 23.0 Å². The third-order valence-corrected chi connectivity index (χ3v) is 5.61. The second kappa shape index (κ2) is 8.21. The molecule has 29 heavy (non-hydrogen) atoms. The van der Waals surface area contributed by atoms with Crippen LogP contribution in [0.15, 0.2) is 36.4 Å². The lowest BCUT2D eigenvalue weighted by Gasteiger charge is -2.38. The van der Waals surface area contributed by atoms with E-state index in [-0.39, 0.29) is 12.8 Å². The van der Waals surface area contributed by atoms with Gasteiger partial charge in [-0.05, 0) is 55.3 Å². The van der Waals surface area contributed by atoms with Crippen molar-refractivity contribution >= 4 is 5.97 Å². The number of rotatable bonds is 6. The van der Waals surface area contributed by atoms with Crippen molar-refractivity contribution < 1.29 is 28.8 Å². The van der Waals surface area contributed by atoms with E-state index < -0.39 is 11.9 Å². The van der Waals surface area contributed by atoms with E-state index in [9.17, 15) is 9.90 Å². The zero-order chi connectivity index (χ0) is 20.4. The Labute approximate surface area is 169 Å². The smallest absolute Gasteiger partial charge is 0.307 e. The molecule has 154 valence electrons. The molecule has 0 amide bonds. The summed E-state index contributed by atoms with van der Waals surface area (Å²) >= 11 is 0. The fourth-order valence-corrected chi connectivity index (χ4v) is 4.17. The quantitative estimate of drug-likeness (QED) is 0.798. The first kappa shape index (κ1) is 19.4. The molecule has 2 aromatic rings. The fraction of sp³-hybridized carbons (Fsp3) is 0.409.